The smallest absolute Gasteiger partial charge is 0.243 e. The first-order chi connectivity index (χ1) is 14.4. The third-order valence-corrected chi connectivity index (χ3v) is 7.19. The van der Waals surface area contributed by atoms with Gasteiger partial charge in [-0.1, -0.05) is 19.1 Å². The van der Waals surface area contributed by atoms with E-state index in [1.807, 2.05) is 43.5 Å². The van der Waals surface area contributed by atoms with Crippen LogP contribution in [0.4, 0.5) is 0 Å². The van der Waals surface area contributed by atoms with Crippen LogP contribution in [-0.4, -0.2) is 31.4 Å². The molecule has 0 amide bonds. The monoisotopic (exact) mass is 446 g/mol. The first-order valence-electron chi connectivity index (χ1n) is 9.69. The number of ether oxygens (including phenoxy) is 2. The first kappa shape index (κ1) is 22.3. The summed E-state index contributed by atoms with van der Waals surface area (Å²) < 4.78 is 38.6. The molecule has 0 N–H and O–H groups in total. The number of aryl methyl sites for hydroxylation is 1. The van der Waals surface area contributed by atoms with Gasteiger partial charge in [0.05, 0.1) is 24.2 Å². The maximum atomic E-state index is 13.1. The van der Waals surface area contributed by atoms with Gasteiger partial charge in [0.1, 0.15) is 23.1 Å². The van der Waals surface area contributed by atoms with Crippen LogP contribution in [0.25, 0.3) is 0 Å². The highest BCUT2D eigenvalue weighted by molar-refractivity contribution is 7.89. The van der Waals surface area contributed by atoms with Crippen LogP contribution in [0.3, 0.4) is 0 Å². The molecule has 0 bridgehead atoms. The Labute approximate surface area is 182 Å². The summed E-state index contributed by atoms with van der Waals surface area (Å²) in [5.41, 5.74) is 1.85. The molecule has 0 unspecified atom stereocenters. The number of hydrogen-bond acceptors (Lipinski definition) is 6. The third kappa shape index (κ3) is 5.59. The zero-order valence-corrected chi connectivity index (χ0v) is 19.0. The van der Waals surface area contributed by atoms with Crippen molar-refractivity contribution < 1.29 is 17.9 Å². The lowest BCUT2D eigenvalue weighted by molar-refractivity contribution is 0.304. The van der Waals surface area contributed by atoms with Gasteiger partial charge in [-0.05, 0) is 55.3 Å². The van der Waals surface area contributed by atoms with Crippen molar-refractivity contribution in [3.8, 4) is 11.5 Å². The number of sulfonamides is 1. The van der Waals surface area contributed by atoms with Crippen LogP contribution in [0.5, 0.6) is 11.5 Å². The van der Waals surface area contributed by atoms with Crippen molar-refractivity contribution >= 4 is 21.4 Å². The van der Waals surface area contributed by atoms with Crippen LogP contribution in [0, 0.1) is 6.92 Å². The Kier molecular flexibility index (Phi) is 7.47. The number of methoxy groups -OCH3 is 1. The summed E-state index contributed by atoms with van der Waals surface area (Å²) in [7, 11) is -2.08. The lowest BCUT2D eigenvalue weighted by Gasteiger charge is -2.21. The second-order valence-electron chi connectivity index (χ2n) is 6.85. The quantitative estimate of drug-likeness (QED) is 0.454. The predicted octanol–water partition coefficient (Wildman–Crippen LogP) is 4.64. The molecule has 0 spiro atoms. The highest BCUT2D eigenvalue weighted by Crippen LogP contribution is 2.23. The second kappa shape index (κ2) is 10.1. The highest BCUT2D eigenvalue weighted by Gasteiger charge is 2.25. The van der Waals surface area contributed by atoms with E-state index >= 15 is 0 Å². The predicted molar refractivity (Wildman–Crippen MR) is 119 cm³/mol. The summed E-state index contributed by atoms with van der Waals surface area (Å²) in [6.45, 7) is 4.97. The average molecular weight is 447 g/mol. The van der Waals surface area contributed by atoms with E-state index in [4.69, 9.17) is 9.47 Å². The normalized spacial score (nSPS) is 11.6. The lowest BCUT2D eigenvalue weighted by Crippen LogP contribution is -2.31. The SMILES string of the molecule is CCCN(Cc1csc(COc2cccc(C)c2)n1)S(=O)(=O)c1ccc(OC)cc1. The Morgan fingerprint density at radius 3 is 2.53 bits per heavy atom. The van der Waals surface area contributed by atoms with Gasteiger partial charge >= 0.3 is 0 Å². The molecular weight excluding hydrogens is 420 g/mol. The molecule has 0 radical (unpaired) electrons. The summed E-state index contributed by atoms with van der Waals surface area (Å²) in [6.07, 6.45) is 0.711. The summed E-state index contributed by atoms with van der Waals surface area (Å²) in [5, 5.41) is 2.70. The van der Waals surface area contributed by atoms with E-state index in [-0.39, 0.29) is 11.4 Å². The van der Waals surface area contributed by atoms with Crippen LogP contribution in [0.15, 0.2) is 58.8 Å². The molecule has 0 saturated carbocycles. The molecule has 8 heteroatoms. The minimum absolute atomic E-state index is 0.225. The molecule has 2 aromatic carbocycles. The number of benzene rings is 2. The molecule has 6 nitrogen and oxygen atoms in total. The molecule has 1 heterocycles. The minimum Gasteiger partial charge on any atom is -0.497 e. The molecule has 0 saturated heterocycles. The number of aromatic nitrogens is 1. The van der Waals surface area contributed by atoms with Crippen molar-refractivity contribution in [2.24, 2.45) is 0 Å². The molecule has 3 aromatic rings. The Morgan fingerprint density at radius 2 is 1.87 bits per heavy atom. The van der Waals surface area contributed by atoms with Gasteiger partial charge in [0.15, 0.2) is 0 Å². The van der Waals surface area contributed by atoms with E-state index in [9.17, 15) is 8.42 Å². The molecule has 0 aliphatic heterocycles. The number of thiazole rings is 1. The van der Waals surface area contributed by atoms with Gasteiger partial charge in [-0.15, -0.1) is 11.3 Å². The standard InChI is InChI=1S/C22H26N2O4S2/c1-4-12-24(30(25,26)21-10-8-19(27-3)9-11-21)14-18-16-29-22(23-18)15-28-20-7-5-6-17(2)13-20/h5-11,13,16H,4,12,14-15H2,1-3H3. The van der Waals surface area contributed by atoms with Crippen LogP contribution >= 0.6 is 11.3 Å². The van der Waals surface area contributed by atoms with Gasteiger partial charge in [-0.3, -0.25) is 0 Å². The topological polar surface area (TPSA) is 68.7 Å². The molecule has 0 atom stereocenters. The van der Waals surface area contributed by atoms with Gasteiger partial charge in [0, 0.05) is 11.9 Å². The minimum atomic E-state index is -3.63. The molecule has 0 fully saturated rings. The maximum Gasteiger partial charge on any atom is 0.243 e. The van der Waals surface area contributed by atoms with Crippen molar-refractivity contribution in [2.75, 3.05) is 13.7 Å². The fourth-order valence-corrected chi connectivity index (χ4v) is 5.15. The van der Waals surface area contributed by atoms with Gasteiger partial charge in [0.2, 0.25) is 10.0 Å². The van der Waals surface area contributed by atoms with E-state index in [0.29, 0.717) is 31.0 Å². The van der Waals surface area contributed by atoms with Gasteiger partial charge in [-0.2, -0.15) is 4.31 Å². The third-order valence-electron chi connectivity index (χ3n) is 4.46. The molecule has 0 aliphatic rings. The van der Waals surface area contributed by atoms with Gasteiger partial charge in [0.25, 0.3) is 0 Å². The van der Waals surface area contributed by atoms with Crippen LogP contribution in [-0.2, 0) is 23.2 Å². The Bertz CT molecular complexity index is 1060. The largest absolute Gasteiger partial charge is 0.497 e. The van der Waals surface area contributed by atoms with E-state index < -0.39 is 10.0 Å². The summed E-state index contributed by atoms with van der Waals surface area (Å²) in [4.78, 5) is 4.82. The average Bonchev–Trinajstić information content (AvgIpc) is 3.19. The van der Waals surface area contributed by atoms with Crippen molar-refractivity contribution in [1.29, 1.82) is 0 Å². The Morgan fingerprint density at radius 1 is 1.10 bits per heavy atom. The van der Waals surface area contributed by atoms with E-state index in [2.05, 4.69) is 4.98 Å². The molecule has 3 rings (SSSR count). The number of nitrogens with zero attached hydrogens (tertiary/aromatic N) is 2. The zero-order chi connectivity index (χ0) is 21.6. The van der Waals surface area contributed by atoms with E-state index in [1.165, 1.54) is 15.6 Å². The Balaban J connectivity index is 1.70. The molecule has 30 heavy (non-hydrogen) atoms. The molecule has 160 valence electrons. The molecule has 1 aromatic heterocycles. The van der Waals surface area contributed by atoms with Crippen molar-refractivity contribution in [3.63, 3.8) is 0 Å². The fourth-order valence-electron chi connectivity index (χ4n) is 2.95. The van der Waals surface area contributed by atoms with E-state index in [1.54, 1.807) is 31.4 Å². The molecular formula is C22H26N2O4S2. The van der Waals surface area contributed by atoms with Gasteiger partial charge < -0.3 is 9.47 Å². The molecule has 0 aliphatic carbocycles. The van der Waals surface area contributed by atoms with Crippen LogP contribution in [0.2, 0.25) is 0 Å². The first-order valence-corrected chi connectivity index (χ1v) is 12.0. The summed E-state index contributed by atoms with van der Waals surface area (Å²) in [5.74, 6) is 1.41. The van der Waals surface area contributed by atoms with Crippen molar-refractivity contribution in [1.82, 2.24) is 9.29 Å². The Hall–Kier alpha value is -2.42. The van der Waals surface area contributed by atoms with Crippen molar-refractivity contribution in [2.45, 2.75) is 38.3 Å². The number of hydrogen-bond donors (Lipinski definition) is 0. The lowest BCUT2D eigenvalue weighted by atomic mass is 10.2. The zero-order valence-electron chi connectivity index (χ0n) is 17.4. The van der Waals surface area contributed by atoms with Crippen LogP contribution < -0.4 is 9.47 Å². The highest BCUT2D eigenvalue weighted by atomic mass is 32.2. The van der Waals surface area contributed by atoms with Crippen molar-refractivity contribution in [3.05, 3.63) is 70.2 Å². The second-order valence-corrected chi connectivity index (χ2v) is 9.73. The van der Waals surface area contributed by atoms with Crippen LogP contribution in [0.1, 0.15) is 29.6 Å². The fraction of sp³-hybridized carbons (Fsp3) is 0.318. The number of rotatable bonds is 10. The van der Waals surface area contributed by atoms with E-state index in [0.717, 1.165) is 16.3 Å². The summed E-state index contributed by atoms with van der Waals surface area (Å²) >= 11 is 1.47. The maximum absolute atomic E-state index is 13.1. The summed E-state index contributed by atoms with van der Waals surface area (Å²) in [6, 6.07) is 14.3. The van der Waals surface area contributed by atoms with Gasteiger partial charge in [-0.25, -0.2) is 13.4 Å².